The van der Waals surface area contributed by atoms with Gasteiger partial charge in [-0.3, -0.25) is 4.90 Å². The Hall–Kier alpha value is -0.290. The highest BCUT2D eigenvalue weighted by Gasteiger charge is 2.27. The van der Waals surface area contributed by atoms with Gasteiger partial charge in [-0.05, 0) is 32.4 Å². The quantitative estimate of drug-likeness (QED) is 0.792. The molecule has 1 aliphatic heterocycles. The van der Waals surface area contributed by atoms with E-state index in [1.165, 1.54) is 0 Å². The third-order valence-electron chi connectivity index (χ3n) is 2.93. The molecule has 0 radical (unpaired) electrons. The second kappa shape index (κ2) is 5.70. The number of nitrogens with two attached hydrogens (primary N) is 1. The second-order valence-electron chi connectivity index (χ2n) is 4.14. The van der Waals surface area contributed by atoms with Crippen LogP contribution in [0.25, 0.3) is 0 Å². The molecule has 0 bridgehead atoms. The first-order valence-electron chi connectivity index (χ1n) is 5.54. The van der Waals surface area contributed by atoms with Gasteiger partial charge in [0.1, 0.15) is 0 Å². The molecule has 2 N–H and O–H groups in total. The fourth-order valence-corrected chi connectivity index (χ4v) is 2.10. The van der Waals surface area contributed by atoms with Gasteiger partial charge in [-0.2, -0.15) is 13.2 Å². The zero-order valence-electron chi connectivity index (χ0n) is 8.89. The molecule has 15 heavy (non-hydrogen) atoms. The van der Waals surface area contributed by atoms with E-state index in [9.17, 15) is 13.2 Å². The van der Waals surface area contributed by atoms with Crippen molar-refractivity contribution in [3.63, 3.8) is 0 Å². The summed E-state index contributed by atoms with van der Waals surface area (Å²) in [4.78, 5) is 2.11. The Morgan fingerprint density at radius 2 is 2.00 bits per heavy atom. The molecule has 1 rings (SSSR count). The van der Waals surface area contributed by atoms with Gasteiger partial charge in [0.15, 0.2) is 0 Å². The fourth-order valence-electron chi connectivity index (χ4n) is 2.10. The predicted molar refractivity (Wildman–Crippen MR) is 53.6 cm³/mol. The number of alkyl halides is 3. The molecule has 0 amide bonds. The zero-order chi connectivity index (χ0) is 11.3. The highest BCUT2D eigenvalue weighted by atomic mass is 19.4. The van der Waals surface area contributed by atoms with Gasteiger partial charge in [0, 0.05) is 19.0 Å². The Kier molecular flexibility index (Phi) is 4.86. The van der Waals surface area contributed by atoms with Gasteiger partial charge in [-0.15, -0.1) is 0 Å². The molecule has 1 fully saturated rings. The van der Waals surface area contributed by atoms with Gasteiger partial charge < -0.3 is 5.73 Å². The van der Waals surface area contributed by atoms with E-state index in [4.69, 9.17) is 5.73 Å². The molecular weight excluding hydrogens is 205 g/mol. The van der Waals surface area contributed by atoms with Gasteiger partial charge in [-0.25, -0.2) is 0 Å². The van der Waals surface area contributed by atoms with E-state index in [2.05, 4.69) is 4.90 Å². The van der Waals surface area contributed by atoms with Crippen molar-refractivity contribution in [3.05, 3.63) is 0 Å². The number of rotatable bonds is 4. The van der Waals surface area contributed by atoms with Crippen LogP contribution >= 0.6 is 0 Å². The molecule has 1 heterocycles. The van der Waals surface area contributed by atoms with Crippen LogP contribution in [0.3, 0.4) is 0 Å². The largest absolute Gasteiger partial charge is 0.389 e. The number of nitrogens with zero attached hydrogens (tertiary/aromatic N) is 1. The van der Waals surface area contributed by atoms with Crippen molar-refractivity contribution in [1.29, 1.82) is 0 Å². The molecule has 0 aromatic carbocycles. The topological polar surface area (TPSA) is 29.3 Å². The lowest BCUT2D eigenvalue weighted by molar-refractivity contribution is -0.136. The van der Waals surface area contributed by atoms with E-state index in [1.54, 1.807) is 0 Å². The summed E-state index contributed by atoms with van der Waals surface area (Å²) in [5, 5.41) is 0. The number of hydrogen-bond acceptors (Lipinski definition) is 2. The van der Waals surface area contributed by atoms with Crippen molar-refractivity contribution in [1.82, 2.24) is 4.90 Å². The van der Waals surface area contributed by atoms with Crippen LogP contribution in [0.5, 0.6) is 0 Å². The number of halogens is 3. The molecule has 90 valence electrons. The predicted octanol–water partition coefficient (Wildman–Crippen LogP) is 2.14. The fraction of sp³-hybridized carbons (Fsp3) is 1.00. The number of piperidine rings is 1. The molecule has 1 atom stereocenters. The lowest BCUT2D eigenvalue weighted by Crippen LogP contribution is -2.44. The maximum atomic E-state index is 11.9. The van der Waals surface area contributed by atoms with E-state index in [1.807, 2.05) is 0 Å². The van der Waals surface area contributed by atoms with Gasteiger partial charge in [0.25, 0.3) is 0 Å². The lowest BCUT2D eigenvalue weighted by atomic mass is 10.0. The van der Waals surface area contributed by atoms with Crippen molar-refractivity contribution in [2.75, 3.05) is 19.6 Å². The van der Waals surface area contributed by atoms with Gasteiger partial charge in [0.2, 0.25) is 0 Å². The number of likely N-dealkylation sites (tertiary alicyclic amines) is 1. The third-order valence-corrected chi connectivity index (χ3v) is 2.93. The molecule has 0 aliphatic carbocycles. The van der Waals surface area contributed by atoms with Crippen LogP contribution in [0.4, 0.5) is 13.2 Å². The Bertz CT molecular complexity index is 182. The van der Waals surface area contributed by atoms with Crippen LogP contribution in [0.15, 0.2) is 0 Å². The van der Waals surface area contributed by atoms with Crippen LogP contribution in [0.2, 0.25) is 0 Å². The molecule has 1 unspecified atom stereocenters. The van der Waals surface area contributed by atoms with Crippen molar-refractivity contribution in [2.45, 2.75) is 44.3 Å². The van der Waals surface area contributed by atoms with Crippen LogP contribution in [-0.2, 0) is 0 Å². The Balaban J connectivity index is 2.23. The van der Waals surface area contributed by atoms with Crippen molar-refractivity contribution in [2.24, 2.45) is 5.73 Å². The zero-order valence-corrected chi connectivity index (χ0v) is 8.89. The van der Waals surface area contributed by atoms with Crippen molar-refractivity contribution < 1.29 is 13.2 Å². The average molecular weight is 224 g/mol. The lowest BCUT2D eigenvalue weighted by Gasteiger charge is -2.35. The van der Waals surface area contributed by atoms with E-state index >= 15 is 0 Å². The molecule has 0 aromatic heterocycles. The normalized spacial score (nSPS) is 24.4. The molecule has 5 heteroatoms. The minimum Gasteiger partial charge on any atom is -0.329 e. The van der Waals surface area contributed by atoms with Crippen molar-refractivity contribution in [3.8, 4) is 0 Å². The Morgan fingerprint density at radius 1 is 1.27 bits per heavy atom. The smallest absolute Gasteiger partial charge is 0.329 e. The molecule has 0 aromatic rings. The van der Waals surface area contributed by atoms with E-state index in [0.29, 0.717) is 19.1 Å². The van der Waals surface area contributed by atoms with Gasteiger partial charge >= 0.3 is 6.18 Å². The first-order chi connectivity index (χ1) is 7.03. The summed E-state index contributed by atoms with van der Waals surface area (Å²) in [5.74, 6) is 0. The van der Waals surface area contributed by atoms with Gasteiger partial charge in [-0.1, -0.05) is 6.42 Å². The minimum atomic E-state index is -4.02. The first kappa shape index (κ1) is 12.8. The minimum absolute atomic E-state index is 0.194. The third kappa shape index (κ3) is 4.84. The SMILES string of the molecule is NCC1CCCCN1CCCC(F)(F)F. The average Bonchev–Trinajstić information content (AvgIpc) is 2.16. The highest BCUT2D eigenvalue weighted by molar-refractivity contribution is 4.77. The van der Waals surface area contributed by atoms with Crippen LogP contribution < -0.4 is 5.73 Å². The molecule has 0 spiro atoms. The maximum absolute atomic E-state index is 11.9. The van der Waals surface area contributed by atoms with E-state index < -0.39 is 12.6 Å². The summed E-state index contributed by atoms with van der Waals surface area (Å²) in [5.41, 5.74) is 5.59. The van der Waals surface area contributed by atoms with Crippen molar-refractivity contribution >= 4 is 0 Å². The highest BCUT2D eigenvalue weighted by Crippen LogP contribution is 2.23. The summed E-state index contributed by atoms with van der Waals surface area (Å²) in [6.45, 7) is 1.99. The Labute approximate surface area is 88.6 Å². The summed E-state index contributed by atoms with van der Waals surface area (Å²) >= 11 is 0. The van der Waals surface area contributed by atoms with Gasteiger partial charge in [0.05, 0.1) is 0 Å². The summed E-state index contributed by atoms with van der Waals surface area (Å²) < 4.78 is 35.8. The maximum Gasteiger partial charge on any atom is 0.389 e. The molecular formula is C10H19F3N2. The standard InChI is InChI=1S/C10H19F3N2/c11-10(12,13)5-3-7-15-6-2-1-4-9(15)8-14/h9H,1-8,14H2. The summed E-state index contributed by atoms with van der Waals surface area (Å²) in [6.07, 6.45) is -1.24. The Morgan fingerprint density at radius 3 is 2.60 bits per heavy atom. The first-order valence-corrected chi connectivity index (χ1v) is 5.54. The summed E-state index contributed by atoms with van der Waals surface area (Å²) in [6, 6.07) is 0.298. The molecule has 1 aliphatic rings. The number of hydrogen-bond donors (Lipinski definition) is 1. The molecule has 0 saturated carbocycles. The summed E-state index contributed by atoms with van der Waals surface area (Å²) in [7, 11) is 0. The molecule has 2 nitrogen and oxygen atoms in total. The molecule has 1 saturated heterocycles. The van der Waals surface area contributed by atoms with Crippen LogP contribution in [0, 0.1) is 0 Å². The second-order valence-corrected chi connectivity index (χ2v) is 4.14. The monoisotopic (exact) mass is 224 g/mol. The van der Waals surface area contributed by atoms with E-state index in [0.717, 1.165) is 25.8 Å². The van der Waals surface area contributed by atoms with Crippen LogP contribution in [0.1, 0.15) is 32.1 Å². The van der Waals surface area contributed by atoms with Crippen LogP contribution in [-0.4, -0.2) is 36.8 Å². The van der Waals surface area contributed by atoms with E-state index in [-0.39, 0.29) is 6.42 Å².